The minimum Gasteiger partial charge on any atom is -0.248 e. The maximum atomic E-state index is 5.05. The third-order valence-corrected chi connectivity index (χ3v) is 5.85. The molecule has 0 saturated carbocycles. The lowest BCUT2D eigenvalue weighted by atomic mass is 9.87. The number of hydrogen-bond acceptors (Lipinski definition) is 1. The Balaban J connectivity index is 1.79. The van der Waals surface area contributed by atoms with Crippen LogP contribution in [0.1, 0.15) is 0 Å². The van der Waals surface area contributed by atoms with E-state index in [4.69, 9.17) is 4.98 Å². The summed E-state index contributed by atoms with van der Waals surface area (Å²) in [6.07, 6.45) is 0. The van der Waals surface area contributed by atoms with Crippen molar-refractivity contribution in [3.8, 4) is 22.4 Å². The van der Waals surface area contributed by atoms with Gasteiger partial charge in [-0.3, -0.25) is 0 Å². The molecule has 0 aliphatic carbocycles. The smallest absolute Gasteiger partial charge is 0.0722 e. The fourth-order valence-corrected chi connectivity index (χ4v) is 4.53. The molecule has 6 rings (SSSR count). The van der Waals surface area contributed by atoms with Gasteiger partial charge >= 0.3 is 0 Å². The van der Waals surface area contributed by atoms with Crippen LogP contribution in [0.5, 0.6) is 0 Å². The molecule has 30 heavy (non-hydrogen) atoms. The molecule has 0 unspecified atom stereocenters. The summed E-state index contributed by atoms with van der Waals surface area (Å²) in [4.78, 5) is 5.05. The van der Waals surface area contributed by atoms with Crippen molar-refractivity contribution in [2.75, 3.05) is 0 Å². The van der Waals surface area contributed by atoms with Crippen LogP contribution in [0.25, 0.3) is 54.8 Å². The molecule has 6 aromatic rings. The third kappa shape index (κ3) is 2.60. The number of para-hydroxylation sites is 1. The molecule has 0 amide bonds. The molecule has 0 fully saturated rings. The van der Waals surface area contributed by atoms with Gasteiger partial charge in [-0.2, -0.15) is 0 Å². The van der Waals surface area contributed by atoms with Crippen molar-refractivity contribution < 1.29 is 0 Å². The highest BCUT2D eigenvalue weighted by atomic mass is 14.7. The second-order valence-electron chi connectivity index (χ2n) is 7.60. The van der Waals surface area contributed by atoms with Crippen LogP contribution in [-0.4, -0.2) is 4.98 Å². The van der Waals surface area contributed by atoms with E-state index < -0.39 is 0 Å². The number of benzene rings is 5. The minimum atomic E-state index is 1.01. The van der Waals surface area contributed by atoms with Gasteiger partial charge in [0, 0.05) is 10.9 Å². The topological polar surface area (TPSA) is 12.9 Å². The Morgan fingerprint density at radius 3 is 1.60 bits per heavy atom. The van der Waals surface area contributed by atoms with Gasteiger partial charge in [-0.1, -0.05) is 103 Å². The van der Waals surface area contributed by atoms with E-state index >= 15 is 0 Å². The summed E-state index contributed by atoms with van der Waals surface area (Å²) < 4.78 is 0. The van der Waals surface area contributed by atoms with Crippen LogP contribution in [0.15, 0.2) is 115 Å². The van der Waals surface area contributed by atoms with Gasteiger partial charge in [-0.15, -0.1) is 0 Å². The van der Waals surface area contributed by atoms with Crippen molar-refractivity contribution in [1.29, 1.82) is 0 Å². The molecule has 5 aromatic carbocycles. The Kier molecular flexibility index (Phi) is 3.85. The first-order valence-corrected chi connectivity index (χ1v) is 10.3. The Morgan fingerprint density at radius 2 is 0.933 bits per heavy atom. The van der Waals surface area contributed by atoms with Gasteiger partial charge in [-0.05, 0) is 44.8 Å². The lowest BCUT2D eigenvalue weighted by Gasteiger charge is -2.17. The fraction of sp³-hybridized carbons (Fsp3) is 0. The zero-order valence-electron chi connectivity index (χ0n) is 16.4. The molecule has 0 N–H and O–H groups in total. The summed E-state index contributed by atoms with van der Waals surface area (Å²) in [5.41, 5.74) is 5.76. The lowest BCUT2D eigenvalue weighted by molar-refractivity contribution is 1.42. The van der Waals surface area contributed by atoms with Crippen molar-refractivity contribution in [3.63, 3.8) is 0 Å². The summed E-state index contributed by atoms with van der Waals surface area (Å²) in [6.45, 7) is 0. The van der Waals surface area contributed by atoms with Gasteiger partial charge in [0.2, 0.25) is 0 Å². The van der Waals surface area contributed by atoms with E-state index in [0.29, 0.717) is 0 Å². The normalized spacial score (nSPS) is 11.3. The van der Waals surface area contributed by atoms with Crippen molar-refractivity contribution in [1.82, 2.24) is 4.98 Å². The average Bonchev–Trinajstić information content (AvgIpc) is 2.82. The van der Waals surface area contributed by atoms with Gasteiger partial charge in [-0.25, -0.2) is 4.98 Å². The molecule has 1 aromatic heterocycles. The van der Waals surface area contributed by atoms with Crippen molar-refractivity contribution in [3.05, 3.63) is 115 Å². The van der Waals surface area contributed by atoms with Crippen molar-refractivity contribution >= 4 is 32.4 Å². The molecular formula is C29H19N. The van der Waals surface area contributed by atoms with E-state index in [1.807, 2.05) is 6.07 Å². The third-order valence-electron chi connectivity index (χ3n) is 5.85. The average molecular weight is 381 g/mol. The van der Waals surface area contributed by atoms with Gasteiger partial charge in [0.1, 0.15) is 0 Å². The van der Waals surface area contributed by atoms with Crippen LogP contribution in [-0.2, 0) is 0 Å². The number of pyridine rings is 1. The van der Waals surface area contributed by atoms with E-state index in [2.05, 4.69) is 109 Å². The molecule has 0 aliphatic rings. The lowest BCUT2D eigenvalue weighted by Crippen LogP contribution is -1.92. The second kappa shape index (κ2) is 6.82. The number of fused-ring (bicyclic) bond motifs is 3. The molecular weight excluding hydrogens is 362 g/mol. The Morgan fingerprint density at radius 1 is 0.400 bits per heavy atom. The molecule has 1 heterocycles. The zero-order chi connectivity index (χ0) is 19.9. The van der Waals surface area contributed by atoms with Crippen molar-refractivity contribution in [2.24, 2.45) is 0 Å². The number of aromatic nitrogens is 1. The number of hydrogen-bond donors (Lipinski definition) is 0. The predicted molar refractivity (Wildman–Crippen MR) is 128 cm³/mol. The van der Waals surface area contributed by atoms with Gasteiger partial charge in [0.25, 0.3) is 0 Å². The maximum absolute atomic E-state index is 5.05. The summed E-state index contributed by atoms with van der Waals surface area (Å²) >= 11 is 0. The van der Waals surface area contributed by atoms with Crippen LogP contribution in [0.2, 0.25) is 0 Å². The van der Waals surface area contributed by atoms with E-state index in [9.17, 15) is 0 Å². The van der Waals surface area contributed by atoms with E-state index in [1.54, 1.807) is 0 Å². The first-order chi connectivity index (χ1) is 14.9. The van der Waals surface area contributed by atoms with Gasteiger partial charge in [0.15, 0.2) is 0 Å². The summed E-state index contributed by atoms with van der Waals surface area (Å²) in [5, 5.41) is 6.14. The largest absolute Gasteiger partial charge is 0.248 e. The van der Waals surface area contributed by atoms with Crippen LogP contribution < -0.4 is 0 Å². The highest BCUT2D eigenvalue weighted by molar-refractivity contribution is 6.21. The monoisotopic (exact) mass is 381 g/mol. The summed E-state index contributed by atoms with van der Waals surface area (Å²) in [7, 11) is 0. The summed E-state index contributed by atoms with van der Waals surface area (Å²) in [6, 6.07) is 40.7. The maximum Gasteiger partial charge on any atom is 0.0722 e. The first kappa shape index (κ1) is 16.9. The van der Waals surface area contributed by atoms with Crippen LogP contribution in [0.4, 0.5) is 0 Å². The van der Waals surface area contributed by atoms with E-state index in [0.717, 1.165) is 16.6 Å². The quantitative estimate of drug-likeness (QED) is 0.278. The molecule has 140 valence electrons. The predicted octanol–water partition coefficient (Wildman–Crippen LogP) is 7.88. The first-order valence-electron chi connectivity index (χ1n) is 10.3. The molecule has 1 heteroatoms. The van der Waals surface area contributed by atoms with Crippen LogP contribution >= 0.6 is 0 Å². The Bertz CT molecular complexity index is 1470. The summed E-state index contributed by atoms with van der Waals surface area (Å²) in [5.74, 6) is 0. The van der Waals surface area contributed by atoms with E-state index in [-0.39, 0.29) is 0 Å². The molecule has 0 spiro atoms. The van der Waals surface area contributed by atoms with Gasteiger partial charge in [0.05, 0.1) is 11.2 Å². The molecule has 0 bridgehead atoms. The zero-order valence-corrected chi connectivity index (χ0v) is 16.4. The molecule has 0 atom stereocenters. The molecule has 0 saturated heterocycles. The Labute approximate surface area is 175 Å². The molecule has 0 aliphatic heterocycles. The molecule has 1 nitrogen and oxygen atoms in total. The number of rotatable bonds is 2. The van der Waals surface area contributed by atoms with Crippen LogP contribution in [0, 0.1) is 0 Å². The highest BCUT2D eigenvalue weighted by Crippen LogP contribution is 2.43. The van der Waals surface area contributed by atoms with Crippen molar-refractivity contribution in [2.45, 2.75) is 0 Å². The molecule has 0 radical (unpaired) electrons. The SMILES string of the molecule is c1ccc(-c2c3ccccc3c(-c3ccc4ccccc4n3)c3ccccc23)cc1. The van der Waals surface area contributed by atoms with Gasteiger partial charge < -0.3 is 0 Å². The number of nitrogens with zero attached hydrogens (tertiary/aromatic N) is 1. The minimum absolute atomic E-state index is 1.01. The Hall–Kier alpha value is -3.97. The van der Waals surface area contributed by atoms with E-state index in [1.165, 1.54) is 38.2 Å². The highest BCUT2D eigenvalue weighted by Gasteiger charge is 2.16. The standard InChI is InChI=1S/C29H19N/c1-2-11-21(12-3-1)28-22-13-5-7-15-24(22)29(25-16-8-6-14-23(25)28)27-19-18-20-10-4-9-17-26(20)30-27/h1-19H. The second-order valence-corrected chi connectivity index (χ2v) is 7.60. The fourth-order valence-electron chi connectivity index (χ4n) is 4.53. The van der Waals surface area contributed by atoms with Crippen LogP contribution in [0.3, 0.4) is 0 Å².